The second kappa shape index (κ2) is 5.85. The molecule has 14 heavy (non-hydrogen) atoms. The molecule has 0 saturated carbocycles. The lowest BCUT2D eigenvalue weighted by Crippen LogP contribution is -2.33. The highest BCUT2D eigenvalue weighted by Gasteiger charge is 2.32. The zero-order chi connectivity index (χ0) is 11.2. The Morgan fingerprint density at radius 1 is 1.50 bits per heavy atom. The summed E-state index contributed by atoms with van der Waals surface area (Å²) in [4.78, 5) is 10.9. The quantitative estimate of drug-likeness (QED) is 0.703. The van der Waals surface area contributed by atoms with Gasteiger partial charge in [0.25, 0.3) is 0 Å². The molecule has 0 heterocycles. The molecule has 0 aromatic carbocycles. The van der Waals surface area contributed by atoms with Crippen LogP contribution in [0.4, 0.5) is 13.2 Å². The van der Waals surface area contributed by atoms with Gasteiger partial charge in [-0.3, -0.25) is 4.79 Å². The molecule has 1 unspecified atom stereocenters. The molecule has 0 fully saturated rings. The fourth-order valence-electron chi connectivity index (χ4n) is 0.977. The molecule has 0 rings (SSSR count). The van der Waals surface area contributed by atoms with Gasteiger partial charge in [0.05, 0.1) is 19.4 Å². The van der Waals surface area contributed by atoms with Crippen LogP contribution in [0.1, 0.15) is 19.8 Å². The summed E-state index contributed by atoms with van der Waals surface area (Å²) in [5.74, 6) is -0.615. The van der Waals surface area contributed by atoms with Gasteiger partial charge in [-0.1, -0.05) is 0 Å². The van der Waals surface area contributed by atoms with E-state index in [4.69, 9.17) is 0 Å². The van der Waals surface area contributed by atoms with Gasteiger partial charge in [-0.25, -0.2) is 0 Å². The third-order valence-electron chi connectivity index (χ3n) is 1.60. The number of esters is 1. The zero-order valence-corrected chi connectivity index (χ0v) is 8.15. The highest BCUT2D eigenvalue weighted by molar-refractivity contribution is 5.70. The summed E-state index contributed by atoms with van der Waals surface area (Å²) < 4.78 is 40.4. The van der Waals surface area contributed by atoms with Crippen molar-refractivity contribution in [3.63, 3.8) is 0 Å². The maximum absolute atomic E-state index is 11.9. The van der Waals surface area contributed by atoms with Gasteiger partial charge >= 0.3 is 12.1 Å². The van der Waals surface area contributed by atoms with Crippen molar-refractivity contribution in [2.45, 2.75) is 32.0 Å². The number of ether oxygens (including phenoxy) is 1. The van der Waals surface area contributed by atoms with E-state index < -0.39 is 24.6 Å². The lowest BCUT2D eigenvalue weighted by molar-refractivity contribution is -0.150. The van der Waals surface area contributed by atoms with Crippen LogP contribution in [0.3, 0.4) is 0 Å². The van der Waals surface area contributed by atoms with Crippen molar-refractivity contribution in [1.29, 1.82) is 0 Å². The Hall–Kier alpha value is -0.780. The minimum Gasteiger partial charge on any atom is -0.466 e. The smallest absolute Gasteiger partial charge is 0.390 e. The molecule has 1 atom stereocenters. The van der Waals surface area contributed by atoms with Gasteiger partial charge < -0.3 is 10.1 Å². The first-order valence-corrected chi connectivity index (χ1v) is 4.28. The Kier molecular flexibility index (Phi) is 5.52. The van der Waals surface area contributed by atoms with E-state index in [0.29, 0.717) is 0 Å². The first kappa shape index (κ1) is 13.2. The third-order valence-corrected chi connectivity index (χ3v) is 1.60. The van der Waals surface area contributed by atoms with Gasteiger partial charge in [0, 0.05) is 6.04 Å². The summed E-state index contributed by atoms with van der Waals surface area (Å²) in [7, 11) is 1.38. The predicted octanol–water partition coefficient (Wildman–Crippen LogP) is 1.48. The molecule has 0 aromatic rings. The zero-order valence-electron chi connectivity index (χ0n) is 8.15. The Morgan fingerprint density at radius 2 is 2.07 bits per heavy atom. The average Bonchev–Trinajstić information content (AvgIpc) is 2.01. The summed E-state index contributed by atoms with van der Waals surface area (Å²) in [6.07, 6.45) is -5.55. The van der Waals surface area contributed by atoms with E-state index in [0.717, 1.165) is 0 Å². The molecule has 0 saturated heterocycles. The molecule has 0 aliphatic carbocycles. The number of halogens is 3. The molecule has 1 N–H and O–H groups in total. The first-order valence-electron chi connectivity index (χ1n) is 4.28. The molecule has 0 aliphatic heterocycles. The third kappa shape index (κ3) is 6.71. The minimum absolute atomic E-state index is 0.182. The first-order chi connectivity index (χ1) is 6.39. The number of nitrogens with one attached hydrogen (secondary N) is 1. The van der Waals surface area contributed by atoms with Crippen LogP contribution < -0.4 is 5.32 Å². The topological polar surface area (TPSA) is 38.3 Å². The Morgan fingerprint density at radius 3 is 2.43 bits per heavy atom. The van der Waals surface area contributed by atoms with Crippen molar-refractivity contribution in [1.82, 2.24) is 5.32 Å². The van der Waals surface area contributed by atoms with Crippen LogP contribution in [0.25, 0.3) is 0 Å². The van der Waals surface area contributed by atoms with Crippen molar-refractivity contribution < 1.29 is 22.7 Å². The minimum atomic E-state index is -4.26. The average molecular weight is 213 g/mol. The lowest BCUT2D eigenvalue weighted by atomic mass is 10.1. The normalized spacial score (nSPS) is 13.8. The van der Waals surface area contributed by atoms with E-state index in [9.17, 15) is 18.0 Å². The second-order valence-electron chi connectivity index (χ2n) is 2.81. The second-order valence-corrected chi connectivity index (χ2v) is 2.81. The number of hydrogen-bond acceptors (Lipinski definition) is 3. The van der Waals surface area contributed by atoms with Gasteiger partial charge in [0.2, 0.25) is 0 Å². The van der Waals surface area contributed by atoms with Crippen molar-refractivity contribution in [3.8, 4) is 0 Å². The molecular formula is C8H14F3NO2. The Balaban J connectivity index is 3.97. The largest absolute Gasteiger partial charge is 0.466 e. The number of hydrogen-bond donors (Lipinski definition) is 1. The van der Waals surface area contributed by atoms with E-state index in [1.807, 2.05) is 0 Å². The molecular weight excluding hydrogens is 199 g/mol. The highest BCUT2D eigenvalue weighted by Crippen LogP contribution is 2.22. The van der Waals surface area contributed by atoms with Crippen molar-refractivity contribution in [3.05, 3.63) is 0 Å². The molecule has 6 heteroatoms. The maximum Gasteiger partial charge on any atom is 0.390 e. The molecule has 0 aliphatic rings. The van der Waals surface area contributed by atoms with Crippen LogP contribution in [0.5, 0.6) is 0 Å². The SMILES string of the molecule is CCOC(=O)CC(CC(F)(F)F)NC. The van der Waals surface area contributed by atoms with Crippen molar-refractivity contribution in [2.24, 2.45) is 0 Å². The van der Waals surface area contributed by atoms with Crippen molar-refractivity contribution in [2.75, 3.05) is 13.7 Å². The van der Waals surface area contributed by atoms with E-state index in [2.05, 4.69) is 10.1 Å². The molecule has 0 aromatic heterocycles. The summed E-state index contributed by atoms with van der Waals surface area (Å²) in [5.41, 5.74) is 0. The summed E-state index contributed by atoms with van der Waals surface area (Å²) in [6.45, 7) is 1.79. The number of alkyl halides is 3. The molecule has 0 radical (unpaired) electrons. The molecule has 84 valence electrons. The fourth-order valence-corrected chi connectivity index (χ4v) is 0.977. The van der Waals surface area contributed by atoms with E-state index in [1.54, 1.807) is 6.92 Å². The predicted molar refractivity (Wildman–Crippen MR) is 44.8 cm³/mol. The standard InChI is InChI=1S/C8H14F3NO2/c1-3-14-7(13)4-6(12-2)5-8(9,10)11/h6,12H,3-5H2,1-2H3. The lowest BCUT2D eigenvalue weighted by Gasteiger charge is -2.16. The summed E-state index contributed by atoms with van der Waals surface area (Å²) in [6, 6.07) is -0.908. The van der Waals surface area contributed by atoms with Crippen LogP contribution >= 0.6 is 0 Å². The number of carbonyl (C=O) groups excluding carboxylic acids is 1. The highest BCUT2D eigenvalue weighted by atomic mass is 19.4. The van der Waals surface area contributed by atoms with Gasteiger partial charge in [-0.15, -0.1) is 0 Å². The number of rotatable bonds is 5. The molecule has 3 nitrogen and oxygen atoms in total. The van der Waals surface area contributed by atoms with Gasteiger partial charge in [0.15, 0.2) is 0 Å². The Bertz CT molecular complexity index is 182. The van der Waals surface area contributed by atoms with E-state index in [-0.39, 0.29) is 13.0 Å². The van der Waals surface area contributed by atoms with Gasteiger partial charge in [-0.2, -0.15) is 13.2 Å². The van der Waals surface area contributed by atoms with Crippen LogP contribution in [0, 0.1) is 0 Å². The van der Waals surface area contributed by atoms with Crippen molar-refractivity contribution >= 4 is 5.97 Å². The van der Waals surface area contributed by atoms with Crippen LogP contribution in [-0.2, 0) is 9.53 Å². The fraction of sp³-hybridized carbons (Fsp3) is 0.875. The van der Waals surface area contributed by atoms with E-state index >= 15 is 0 Å². The van der Waals surface area contributed by atoms with E-state index in [1.165, 1.54) is 7.05 Å². The van der Waals surface area contributed by atoms with Crippen LogP contribution in [0.2, 0.25) is 0 Å². The monoisotopic (exact) mass is 213 g/mol. The van der Waals surface area contributed by atoms with Crippen LogP contribution in [0.15, 0.2) is 0 Å². The van der Waals surface area contributed by atoms with Crippen LogP contribution in [-0.4, -0.2) is 31.8 Å². The molecule has 0 amide bonds. The van der Waals surface area contributed by atoms with Gasteiger partial charge in [0.1, 0.15) is 0 Å². The van der Waals surface area contributed by atoms with Gasteiger partial charge in [-0.05, 0) is 14.0 Å². The summed E-state index contributed by atoms with van der Waals surface area (Å²) in [5, 5.41) is 2.43. The molecule has 0 spiro atoms. The molecule has 0 bridgehead atoms. The Labute approximate surface area is 80.6 Å². The summed E-state index contributed by atoms with van der Waals surface area (Å²) >= 11 is 0. The number of carbonyl (C=O) groups is 1. The maximum atomic E-state index is 11.9.